The highest BCUT2D eigenvalue weighted by atomic mass is 16.6. The highest BCUT2D eigenvalue weighted by Gasteiger charge is 2.13. The topological polar surface area (TPSA) is 108 Å². The van der Waals surface area contributed by atoms with Gasteiger partial charge >= 0.3 is 0 Å². The Labute approximate surface area is 110 Å². The molecule has 0 radical (unpaired) electrons. The molecule has 0 aromatic heterocycles. The molecule has 0 spiro atoms. The van der Waals surface area contributed by atoms with E-state index in [9.17, 15) is 10.1 Å². The Hall–Kier alpha value is -2.17. The zero-order chi connectivity index (χ0) is 14.1. The van der Waals surface area contributed by atoms with Gasteiger partial charge in [0.2, 0.25) is 0 Å². The van der Waals surface area contributed by atoms with Gasteiger partial charge in [-0.05, 0) is 18.6 Å². The molecule has 19 heavy (non-hydrogen) atoms. The van der Waals surface area contributed by atoms with Crippen molar-refractivity contribution < 1.29 is 14.8 Å². The fraction of sp³-hybridized carbons (Fsp3) is 0.417. The lowest BCUT2D eigenvalue weighted by Gasteiger charge is -2.07. The molecule has 0 heterocycles. The fourth-order valence-corrected chi connectivity index (χ4v) is 1.47. The van der Waals surface area contributed by atoms with Gasteiger partial charge in [-0.2, -0.15) is 5.26 Å². The van der Waals surface area contributed by atoms with Crippen molar-refractivity contribution in [3.05, 3.63) is 33.9 Å². The van der Waals surface area contributed by atoms with Crippen molar-refractivity contribution in [3.63, 3.8) is 0 Å². The van der Waals surface area contributed by atoms with Crippen molar-refractivity contribution >= 4 is 11.4 Å². The highest BCUT2D eigenvalue weighted by Crippen LogP contribution is 2.25. The monoisotopic (exact) mass is 265 g/mol. The lowest BCUT2D eigenvalue weighted by atomic mass is 10.2. The van der Waals surface area contributed by atoms with Gasteiger partial charge in [-0.25, -0.2) is 0 Å². The fourth-order valence-electron chi connectivity index (χ4n) is 1.47. The Morgan fingerprint density at radius 3 is 2.89 bits per heavy atom. The number of benzene rings is 1. The molecule has 1 aromatic carbocycles. The van der Waals surface area contributed by atoms with E-state index in [-0.39, 0.29) is 18.9 Å². The quantitative estimate of drug-likeness (QED) is 0.416. The molecule has 2 N–H and O–H groups in total. The van der Waals surface area contributed by atoms with E-state index in [1.165, 1.54) is 18.2 Å². The molecule has 0 atom stereocenters. The lowest BCUT2D eigenvalue weighted by molar-refractivity contribution is -0.384. The van der Waals surface area contributed by atoms with Gasteiger partial charge in [0.15, 0.2) is 0 Å². The molecule has 1 rings (SSSR count). The van der Waals surface area contributed by atoms with Crippen LogP contribution in [0.5, 0.6) is 0 Å². The van der Waals surface area contributed by atoms with Crippen molar-refractivity contribution in [1.29, 1.82) is 5.26 Å². The van der Waals surface area contributed by atoms with E-state index < -0.39 is 4.92 Å². The SMILES string of the molecule is N#Cc1ccc([N+](=O)[O-])c(NCCCOCCO)c1. The van der Waals surface area contributed by atoms with E-state index in [0.29, 0.717) is 30.8 Å². The predicted molar refractivity (Wildman–Crippen MR) is 68.8 cm³/mol. The summed E-state index contributed by atoms with van der Waals surface area (Å²) < 4.78 is 5.07. The van der Waals surface area contributed by atoms with Crippen LogP contribution in [-0.4, -0.2) is 36.4 Å². The summed E-state index contributed by atoms with van der Waals surface area (Å²) in [5.74, 6) is 0. The van der Waals surface area contributed by atoms with Crippen LogP contribution in [0.3, 0.4) is 0 Å². The maximum atomic E-state index is 10.8. The van der Waals surface area contributed by atoms with Gasteiger partial charge < -0.3 is 15.2 Å². The molecule has 0 aliphatic carbocycles. The van der Waals surface area contributed by atoms with Gasteiger partial charge in [-0.1, -0.05) is 0 Å². The maximum Gasteiger partial charge on any atom is 0.292 e. The largest absolute Gasteiger partial charge is 0.394 e. The minimum atomic E-state index is -0.494. The van der Waals surface area contributed by atoms with Crippen LogP contribution in [0.15, 0.2) is 18.2 Å². The summed E-state index contributed by atoms with van der Waals surface area (Å²) in [6.07, 6.45) is 0.647. The molecular formula is C12H15N3O4. The summed E-state index contributed by atoms with van der Waals surface area (Å²) in [6.45, 7) is 1.20. The second-order valence-corrected chi connectivity index (χ2v) is 3.72. The number of nitrogens with one attached hydrogen (secondary N) is 1. The van der Waals surface area contributed by atoms with Crippen LogP contribution in [0.25, 0.3) is 0 Å². The molecule has 1 aromatic rings. The number of anilines is 1. The van der Waals surface area contributed by atoms with Gasteiger partial charge in [0.1, 0.15) is 5.69 Å². The minimum absolute atomic E-state index is 0.0247. The number of aliphatic hydroxyl groups is 1. The molecule has 0 saturated carbocycles. The molecule has 0 saturated heterocycles. The van der Waals surface area contributed by atoms with Gasteiger partial charge in [0, 0.05) is 19.2 Å². The molecule has 0 aliphatic heterocycles. The number of nitrogens with zero attached hydrogens (tertiary/aromatic N) is 2. The Bertz CT molecular complexity index is 471. The number of nitro groups is 1. The lowest BCUT2D eigenvalue weighted by Crippen LogP contribution is -2.09. The summed E-state index contributed by atoms with van der Waals surface area (Å²) in [5.41, 5.74) is 0.631. The summed E-state index contributed by atoms with van der Waals surface area (Å²) in [6, 6.07) is 6.11. The smallest absolute Gasteiger partial charge is 0.292 e. The van der Waals surface area contributed by atoms with E-state index in [1.807, 2.05) is 6.07 Å². The number of rotatable bonds is 8. The van der Waals surface area contributed by atoms with Crippen molar-refractivity contribution in [3.8, 4) is 6.07 Å². The first kappa shape index (κ1) is 14.9. The van der Waals surface area contributed by atoms with Gasteiger partial charge in [-0.3, -0.25) is 10.1 Å². The second kappa shape index (κ2) is 8.02. The number of hydrogen-bond donors (Lipinski definition) is 2. The van der Waals surface area contributed by atoms with Crippen LogP contribution in [-0.2, 0) is 4.74 Å². The summed E-state index contributed by atoms with van der Waals surface area (Å²) >= 11 is 0. The second-order valence-electron chi connectivity index (χ2n) is 3.72. The molecule has 0 fully saturated rings. The average Bonchev–Trinajstić information content (AvgIpc) is 2.42. The van der Waals surface area contributed by atoms with E-state index in [1.54, 1.807) is 0 Å². The Kier molecular flexibility index (Phi) is 6.29. The van der Waals surface area contributed by atoms with Crippen LogP contribution in [0.4, 0.5) is 11.4 Å². The molecule has 7 heteroatoms. The number of aliphatic hydroxyl groups excluding tert-OH is 1. The summed E-state index contributed by atoms with van der Waals surface area (Å²) in [7, 11) is 0. The standard InChI is InChI=1S/C12H15N3O4/c13-9-10-2-3-12(15(17)18)11(8-10)14-4-1-6-19-7-5-16/h2-3,8,14,16H,1,4-7H2. The van der Waals surface area contributed by atoms with Crippen molar-refractivity contribution in [2.75, 3.05) is 31.7 Å². The molecular weight excluding hydrogens is 250 g/mol. The van der Waals surface area contributed by atoms with Crippen LogP contribution < -0.4 is 5.32 Å². The third-order valence-corrected chi connectivity index (χ3v) is 2.34. The third kappa shape index (κ3) is 4.91. The molecule has 102 valence electrons. The first-order valence-electron chi connectivity index (χ1n) is 5.80. The minimum Gasteiger partial charge on any atom is -0.394 e. The van der Waals surface area contributed by atoms with Crippen LogP contribution >= 0.6 is 0 Å². The summed E-state index contributed by atoms with van der Waals surface area (Å²) in [5, 5.41) is 31.0. The van der Waals surface area contributed by atoms with Crippen molar-refractivity contribution in [1.82, 2.24) is 0 Å². The molecule has 0 amide bonds. The zero-order valence-electron chi connectivity index (χ0n) is 10.3. The Morgan fingerprint density at radius 1 is 1.47 bits per heavy atom. The number of ether oxygens (including phenoxy) is 1. The molecule has 0 unspecified atom stereocenters. The van der Waals surface area contributed by atoms with Crippen LogP contribution in [0, 0.1) is 21.4 Å². The average molecular weight is 265 g/mol. The Balaban J connectivity index is 2.56. The third-order valence-electron chi connectivity index (χ3n) is 2.34. The van der Waals surface area contributed by atoms with Crippen LogP contribution in [0.2, 0.25) is 0 Å². The van der Waals surface area contributed by atoms with Gasteiger partial charge in [-0.15, -0.1) is 0 Å². The van der Waals surface area contributed by atoms with E-state index >= 15 is 0 Å². The van der Waals surface area contributed by atoms with Gasteiger partial charge in [0.25, 0.3) is 5.69 Å². The number of hydrogen-bond acceptors (Lipinski definition) is 6. The van der Waals surface area contributed by atoms with E-state index in [4.69, 9.17) is 15.1 Å². The zero-order valence-corrected chi connectivity index (χ0v) is 10.3. The highest BCUT2D eigenvalue weighted by molar-refractivity contribution is 5.64. The van der Waals surface area contributed by atoms with Crippen molar-refractivity contribution in [2.45, 2.75) is 6.42 Å². The molecule has 7 nitrogen and oxygen atoms in total. The molecule has 0 bridgehead atoms. The summed E-state index contributed by atoms with van der Waals surface area (Å²) in [4.78, 5) is 10.3. The molecule has 0 aliphatic rings. The van der Waals surface area contributed by atoms with Crippen molar-refractivity contribution in [2.24, 2.45) is 0 Å². The first-order chi connectivity index (χ1) is 9.19. The van der Waals surface area contributed by atoms with Gasteiger partial charge in [0.05, 0.1) is 29.8 Å². The maximum absolute atomic E-state index is 10.8. The normalized spacial score (nSPS) is 9.89. The van der Waals surface area contributed by atoms with E-state index in [2.05, 4.69) is 5.32 Å². The predicted octanol–water partition coefficient (Wildman–Crippen LogP) is 1.28. The number of nitro benzene ring substituents is 1. The first-order valence-corrected chi connectivity index (χ1v) is 5.80. The van der Waals surface area contributed by atoms with E-state index in [0.717, 1.165) is 0 Å². The number of nitriles is 1. The van der Waals surface area contributed by atoms with Crippen LogP contribution in [0.1, 0.15) is 12.0 Å². The Morgan fingerprint density at radius 2 is 2.26 bits per heavy atom.